The number of fused-ring (bicyclic) bond motifs is 1. The Balaban J connectivity index is 1.59. The van der Waals surface area contributed by atoms with Crippen molar-refractivity contribution in [2.24, 2.45) is 0 Å². The second kappa shape index (κ2) is 6.56. The molecule has 1 aromatic rings. The lowest BCUT2D eigenvalue weighted by Gasteiger charge is -2.50. The molecule has 0 radical (unpaired) electrons. The molecule has 0 aromatic heterocycles. The molecule has 8 heteroatoms. The van der Waals surface area contributed by atoms with Crippen LogP contribution in [0.4, 0.5) is 0 Å². The van der Waals surface area contributed by atoms with Gasteiger partial charge in [0.2, 0.25) is 0 Å². The first-order chi connectivity index (χ1) is 11.5. The van der Waals surface area contributed by atoms with Crippen LogP contribution < -0.4 is 15.2 Å². The molecule has 1 aromatic carbocycles. The molecule has 0 bridgehead atoms. The fourth-order valence-corrected chi connectivity index (χ4v) is 3.94. The molecule has 2 amide bonds. The van der Waals surface area contributed by atoms with Crippen LogP contribution in [0.2, 0.25) is 0 Å². The largest absolute Gasteiger partial charge is 0.543 e. The number of benzene rings is 1. The molecular weight excluding hydrogens is 332 g/mol. The van der Waals surface area contributed by atoms with Gasteiger partial charge in [-0.2, -0.15) is 0 Å². The smallest absolute Gasteiger partial charge is 0.258 e. The number of hydrogen-bond donors (Lipinski definition) is 1. The summed E-state index contributed by atoms with van der Waals surface area (Å²) in [5.74, 6) is -1.22. The first-order valence-electron chi connectivity index (χ1n) is 7.32. The van der Waals surface area contributed by atoms with Crippen LogP contribution >= 0.6 is 11.8 Å². The van der Waals surface area contributed by atoms with Gasteiger partial charge in [0.25, 0.3) is 11.8 Å². The summed E-state index contributed by atoms with van der Waals surface area (Å²) in [6.45, 7) is 1.44. The number of ether oxygens (including phenoxy) is 1. The molecule has 2 aliphatic heterocycles. The van der Waals surface area contributed by atoms with Crippen LogP contribution in [0.1, 0.15) is 6.92 Å². The lowest BCUT2D eigenvalue weighted by molar-refractivity contribution is -0.301. The molecule has 24 heavy (non-hydrogen) atoms. The Kier molecular flexibility index (Phi) is 4.48. The molecule has 2 heterocycles. The standard InChI is InChI=1S/C16H16N2O5S/c1-9-8-24-15-12(14(20)18(15)13(9)16(21)22)17-11(19)7-23-10-5-3-2-4-6-10/h2-6,12,15H,7-8H2,1H3,(H,17,19)(H,21,22)/p-1/t12-,15-/m1/s1. The summed E-state index contributed by atoms with van der Waals surface area (Å²) in [7, 11) is 0. The summed E-state index contributed by atoms with van der Waals surface area (Å²) in [5, 5.41) is 13.4. The third kappa shape index (κ3) is 2.96. The number of thioether (sulfide) groups is 1. The van der Waals surface area contributed by atoms with Crippen molar-refractivity contribution >= 4 is 29.5 Å². The Morgan fingerprint density at radius 1 is 1.38 bits per heavy atom. The number of aliphatic carboxylic acids is 1. The Morgan fingerprint density at radius 2 is 2.08 bits per heavy atom. The van der Waals surface area contributed by atoms with Crippen molar-refractivity contribution < 1.29 is 24.2 Å². The van der Waals surface area contributed by atoms with E-state index in [4.69, 9.17) is 4.74 Å². The SMILES string of the molecule is CC1=C(C(=O)[O-])N2C(=O)[C@@H](NC(=O)COc3ccccc3)[C@H]2SC1. The summed E-state index contributed by atoms with van der Waals surface area (Å²) in [4.78, 5) is 36.6. The first kappa shape index (κ1) is 16.4. The Labute approximate surface area is 142 Å². The maximum absolute atomic E-state index is 12.2. The molecule has 126 valence electrons. The van der Waals surface area contributed by atoms with E-state index < -0.39 is 29.2 Å². The zero-order valence-electron chi connectivity index (χ0n) is 12.9. The van der Waals surface area contributed by atoms with Crippen LogP contribution in [-0.2, 0) is 14.4 Å². The van der Waals surface area contributed by atoms with Gasteiger partial charge in [0.1, 0.15) is 17.2 Å². The lowest BCUT2D eigenvalue weighted by atomic mass is 10.0. The van der Waals surface area contributed by atoms with Gasteiger partial charge in [-0.05, 0) is 24.6 Å². The maximum atomic E-state index is 12.2. The second-order valence-corrected chi connectivity index (χ2v) is 6.58. The molecule has 1 fully saturated rings. The normalized spacial score (nSPS) is 22.5. The van der Waals surface area contributed by atoms with Crippen LogP contribution in [0.5, 0.6) is 5.75 Å². The number of amides is 2. The molecular formula is C16H15N2O5S-. The number of carbonyl (C=O) groups excluding carboxylic acids is 3. The highest BCUT2D eigenvalue weighted by Crippen LogP contribution is 2.39. The first-order valence-corrected chi connectivity index (χ1v) is 8.37. The van der Waals surface area contributed by atoms with Gasteiger partial charge in [0, 0.05) is 5.75 Å². The summed E-state index contributed by atoms with van der Waals surface area (Å²) >= 11 is 1.41. The Hall–Kier alpha value is -2.48. The predicted molar refractivity (Wildman–Crippen MR) is 84.7 cm³/mol. The van der Waals surface area contributed by atoms with Crippen LogP contribution in [0.15, 0.2) is 41.6 Å². The topological polar surface area (TPSA) is 98.8 Å². The van der Waals surface area contributed by atoms with E-state index in [0.29, 0.717) is 17.1 Å². The quantitative estimate of drug-likeness (QED) is 0.720. The van der Waals surface area contributed by atoms with Gasteiger partial charge in [-0.3, -0.25) is 14.5 Å². The number of nitrogens with zero attached hydrogens (tertiary/aromatic N) is 1. The average Bonchev–Trinajstić information content (AvgIpc) is 2.58. The van der Waals surface area contributed by atoms with Gasteiger partial charge in [-0.25, -0.2) is 0 Å². The number of carboxylic acids is 1. The van der Waals surface area contributed by atoms with Crippen LogP contribution in [-0.4, -0.2) is 46.5 Å². The van der Waals surface area contributed by atoms with Crippen molar-refractivity contribution in [1.82, 2.24) is 10.2 Å². The third-order valence-electron chi connectivity index (χ3n) is 3.78. The number of nitrogens with one attached hydrogen (secondary N) is 1. The van der Waals surface area contributed by atoms with E-state index in [1.807, 2.05) is 6.07 Å². The zero-order chi connectivity index (χ0) is 17.3. The number of rotatable bonds is 5. The Bertz CT molecular complexity index is 718. The van der Waals surface area contributed by atoms with Gasteiger partial charge < -0.3 is 20.0 Å². The van der Waals surface area contributed by atoms with E-state index in [2.05, 4.69) is 5.32 Å². The highest BCUT2D eigenvalue weighted by molar-refractivity contribution is 8.00. The summed E-state index contributed by atoms with van der Waals surface area (Å²) < 4.78 is 5.33. The molecule has 0 spiro atoms. The number of carboxylic acid groups (broad SMARTS) is 1. The lowest BCUT2D eigenvalue weighted by Crippen LogP contribution is -2.71. The molecule has 2 aliphatic rings. The molecule has 3 rings (SSSR count). The van der Waals surface area contributed by atoms with Gasteiger partial charge in [-0.1, -0.05) is 18.2 Å². The number of β-lactam (4-membered cyclic amide) rings is 1. The molecule has 0 saturated carbocycles. The van der Waals surface area contributed by atoms with Gasteiger partial charge >= 0.3 is 0 Å². The van der Waals surface area contributed by atoms with Gasteiger partial charge in [0.15, 0.2) is 6.61 Å². The zero-order valence-corrected chi connectivity index (χ0v) is 13.7. The van der Waals surface area contributed by atoms with Crippen LogP contribution in [0, 0.1) is 0 Å². The van der Waals surface area contributed by atoms with Crippen molar-refractivity contribution in [1.29, 1.82) is 0 Å². The van der Waals surface area contributed by atoms with E-state index in [1.165, 1.54) is 16.7 Å². The number of hydrogen-bond acceptors (Lipinski definition) is 6. The third-order valence-corrected chi connectivity index (χ3v) is 5.21. The van der Waals surface area contributed by atoms with E-state index in [1.54, 1.807) is 31.2 Å². The highest BCUT2D eigenvalue weighted by Gasteiger charge is 2.52. The van der Waals surface area contributed by atoms with E-state index in [0.717, 1.165) is 0 Å². The van der Waals surface area contributed by atoms with E-state index >= 15 is 0 Å². The molecule has 0 aliphatic carbocycles. The monoisotopic (exact) mass is 347 g/mol. The highest BCUT2D eigenvalue weighted by atomic mass is 32.2. The van der Waals surface area contributed by atoms with Crippen molar-refractivity contribution in [3.63, 3.8) is 0 Å². The molecule has 1 N–H and O–H groups in total. The van der Waals surface area contributed by atoms with Crippen molar-refractivity contribution in [2.45, 2.75) is 18.3 Å². The fourth-order valence-electron chi connectivity index (χ4n) is 2.64. The van der Waals surface area contributed by atoms with Gasteiger partial charge in [-0.15, -0.1) is 11.8 Å². The molecule has 7 nitrogen and oxygen atoms in total. The summed E-state index contributed by atoms with van der Waals surface area (Å²) in [6.07, 6.45) is 0. The fraction of sp³-hybridized carbons (Fsp3) is 0.312. The maximum Gasteiger partial charge on any atom is 0.258 e. The minimum absolute atomic E-state index is 0.0882. The Morgan fingerprint density at radius 3 is 2.75 bits per heavy atom. The summed E-state index contributed by atoms with van der Waals surface area (Å²) in [6, 6.07) is 8.11. The van der Waals surface area contributed by atoms with Crippen molar-refractivity contribution in [3.05, 3.63) is 41.6 Å². The second-order valence-electron chi connectivity index (χ2n) is 5.47. The number of carbonyl (C=O) groups is 3. The number of para-hydroxylation sites is 1. The van der Waals surface area contributed by atoms with Crippen molar-refractivity contribution in [3.8, 4) is 5.75 Å². The van der Waals surface area contributed by atoms with Crippen LogP contribution in [0.3, 0.4) is 0 Å². The van der Waals surface area contributed by atoms with Crippen molar-refractivity contribution in [2.75, 3.05) is 12.4 Å². The van der Waals surface area contributed by atoms with Crippen LogP contribution in [0.25, 0.3) is 0 Å². The van der Waals surface area contributed by atoms with E-state index in [9.17, 15) is 19.5 Å². The molecule has 0 unspecified atom stereocenters. The van der Waals surface area contributed by atoms with E-state index in [-0.39, 0.29) is 12.3 Å². The molecule has 2 atom stereocenters. The summed E-state index contributed by atoms with van der Waals surface area (Å²) in [5.41, 5.74) is 0.497. The van der Waals surface area contributed by atoms with Gasteiger partial charge in [0.05, 0.1) is 11.7 Å². The average molecular weight is 347 g/mol. The minimum atomic E-state index is -1.37. The molecule has 1 saturated heterocycles. The predicted octanol–water partition coefficient (Wildman–Crippen LogP) is -0.511. The minimum Gasteiger partial charge on any atom is -0.543 e.